The van der Waals surface area contributed by atoms with E-state index in [4.69, 9.17) is 0 Å². The van der Waals surface area contributed by atoms with Gasteiger partial charge in [-0.25, -0.2) is 0 Å². The molecule has 0 atom stereocenters. The van der Waals surface area contributed by atoms with Crippen LogP contribution in [-0.4, -0.2) is 22.4 Å². The molecule has 0 N–H and O–H groups in total. The fraction of sp³-hybridized carbons (Fsp3) is 0.857. The number of hydrogen-bond donors (Lipinski definition) is 0. The molecule has 1 aliphatic rings. The van der Waals surface area contributed by atoms with Crippen molar-refractivity contribution in [1.82, 2.24) is 0 Å². The highest BCUT2D eigenvalue weighted by Gasteiger charge is 2.32. The van der Waals surface area contributed by atoms with Crippen molar-refractivity contribution in [3.05, 3.63) is 0 Å². The number of carbonyl (C=O) groups is 1. The first-order valence-corrected chi connectivity index (χ1v) is 5.46. The number of hydrogen-bond acceptors (Lipinski definition) is 3. The van der Waals surface area contributed by atoms with Crippen LogP contribution in [0.5, 0.6) is 0 Å². The van der Waals surface area contributed by atoms with E-state index in [0.29, 0.717) is 4.58 Å². The molecular weight excluding hydrogens is 164 g/mol. The smallest absolute Gasteiger partial charge is 0.127 e. The summed E-state index contributed by atoms with van der Waals surface area (Å²) in [5.74, 6) is 2.40. The average Bonchev–Trinajstić information content (AvgIpc) is 2.38. The number of thioether (sulfide) groups is 2. The minimum atomic E-state index is -0.133. The molecule has 10 heavy (non-hydrogen) atoms. The van der Waals surface area contributed by atoms with Crippen molar-refractivity contribution in [3.63, 3.8) is 0 Å². The Balaban J connectivity index is 2.53. The first kappa shape index (κ1) is 8.47. The van der Waals surface area contributed by atoms with Gasteiger partial charge in [-0.2, -0.15) is 0 Å². The van der Waals surface area contributed by atoms with E-state index in [2.05, 4.69) is 0 Å². The van der Waals surface area contributed by atoms with Crippen LogP contribution in [0.1, 0.15) is 13.8 Å². The van der Waals surface area contributed by atoms with E-state index >= 15 is 0 Å². The Kier molecular flexibility index (Phi) is 2.69. The molecule has 3 heteroatoms. The number of carbonyl (C=O) groups excluding carboxylic acids is 1. The Morgan fingerprint density at radius 2 is 1.90 bits per heavy atom. The standard InChI is InChI=1S/C7H12OS2/c1-7(2,5-8)6-9-3-4-10-6/h5-6H,3-4H2,1-2H3. The van der Waals surface area contributed by atoms with Crippen LogP contribution in [0.25, 0.3) is 0 Å². The van der Waals surface area contributed by atoms with Crippen molar-refractivity contribution < 1.29 is 4.79 Å². The lowest BCUT2D eigenvalue weighted by molar-refractivity contribution is -0.114. The van der Waals surface area contributed by atoms with Gasteiger partial charge in [0.25, 0.3) is 0 Å². The molecule has 0 aromatic heterocycles. The van der Waals surface area contributed by atoms with Crippen LogP contribution in [0.15, 0.2) is 0 Å². The first-order chi connectivity index (χ1) is 4.67. The monoisotopic (exact) mass is 176 g/mol. The van der Waals surface area contributed by atoms with Gasteiger partial charge < -0.3 is 4.79 Å². The Morgan fingerprint density at radius 1 is 1.40 bits per heavy atom. The summed E-state index contributed by atoms with van der Waals surface area (Å²) in [4.78, 5) is 10.6. The molecular formula is C7H12OS2. The molecule has 0 aliphatic carbocycles. The van der Waals surface area contributed by atoms with Crippen molar-refractivity contribution in [2.75, 3.05) is 11.5 Å². The maximum atomic E-state index is 10.6. The molecule has 0 radical (unpaired) electrons. The lowest BCUT2D eigenvalue weighted by Gasteiger charge is -2.22. The first-order valence-electron chi connectivity index (χ1n) is 3.36. The molecule has 1 aliphatic heterocycles. The molecule has 1 rings (SSSR count). The van der Waals surface area contributed by atoms with E-state index in [9.17, 15) is 4.79 Å². The van der Waals surface area contributed by atoms with Crippen LogP contribution in [0, 0.1) is 5.41 Å². The second kappa shape index (κ2) is 3.18. The molecule has 1 fully saturated rings. The zero-order chi connectivity index (χ0) is 7.61. The number of aldehydes is 1. The molecule has 0 unspecified atom stereocenters. The number of rotatable bonds is 2. The molecule has 0 bridgehead atoms. The van der Waals surface area contributed by atoms with Gasteiger partial charge in [-0.15, -0.1) is 23.5 Å². The predicted octanol–water partition coefficient (Wildman–Crippen LogP) is 2.02. The summed E-state index contributed by atoms with van der Waals surface area (Å²) in [6, 6.07) is 0. The predicted molar refractivity (Wildman–Crippen MR) is 48.5 cm³/mol. The van der Waals surface area contributed by atoms with E-state index < -0.39 is 0 Å². The maximum absolute atomic E-state index is 10.6. The average molecular weight is 176 g/mol. The van der Waals surface area contributed by atoms with E-state index in [1.807, 2.05) is 37.4 Å². The van der Waals surface area contributed by atoms with Gasteiger partial charge in [-0.3, -0.25) is 0 Å². The molecule has 1 heterocycles. The highest BCUT2D eigenvalue weighted by atomic mass is 32.2. The highest BCUT2D eigenvalue weighted by molar-refractivity contribution is 8.20. The third-order valence-corrected chi connectivity index (χ3v) is 5.31. The molecule has 0 spiro atoms. The summed E-state index contributed by atoms with van der Waals surface area (Å²) in [7, 11) is 0. The summed E-state index contributed by atoms with van der Waals surface area (Å²) in [5, 5.41) is 0. The fourth-order valence-electron chi connectivity index (χ4n) is 0.844. The molecule has 1 nitrogen and oxygen atoms in total. The zero-order valence-corrected chi connectivity index (χ0v) is 7.93. The van der Waals surface area contributed by atoms with Crippen LogP contribution in [-0.2, 0) is 4.79 Å². The van der Waals surface area contributed by atoms with Crippen molar-refractivity contribution in [3.8, 4) is 0 Å². The SMILES string of the molecule is CC(C)(C=O)C1SCCS1. The second-order valence-corrected chi connectivity index (χ2v) is 5.74. The van der Waals surface area contributed by atoms with Crippen LogP contribution in [0.2, 0.25) is 0 Å². The van der Waals surface area contributed by atoms with Gasteiger partial charge in [0, 0.05) is 16.9 Å². The van der Waals surface area contributed by atoms with Crippen LogP contribution in [0.4, 0.5) is 0 Å². The summed E-state index contributed by atoms with van der Waals surface area (Å²) in [6.07, 6.45) is 1.07. The third kappa shape index (κ3) is 1.70. The molecule has 0 aromatic rings. The maximum Gasteiger partial charge on any atom is 0.127 e. The van der Waals surface area contributed by atoms with E-state index in [1.165, 1.54) is 11.5 Å². The van der Waals surface area contributed by atoms with Crippen LogP contribution < -0.4 is 0 Å². The Bertz CT molecular complexity index is 128. The van der Waals surface area contributed by atoms with Gasteiger partial charge in [-0.05, 0) is 0 Å². The summed E-state index contributed by atoms with van der Waals surface area (Å²) in [6.45, 7) is 4.02. The topological polar surface area (TPSA) is 17.1 Å². The molecule has 58 valence electrons. The quantitative estimate of drug-likeness (QED) is 0.599. The van der Waals surface area contributed by atoms with Crippen molar-refractivity contribution in [2.45, 2.75) is 18.4 Å². The Hall–Kier alpha value is 0.370. The largest absolute Gasteiger partial charge is 0.303 e. The van der Waals surface area contributed by atoms with E-state index in [-0.39, 0.29) is 5.41 Å². The lowest BCUT2D eigenvalue weighted by Crippen LogP contribution is -2.23. The molecule has 1 saturated heterocycles. The van der Waals surface area contributed by atoms with Gasteiger partial charge in [0.2, 0.25) is 0 Å². The van der Waals surface area contributed by atoms with E-state index in [0.717, 1.165) is 6.29 Å². The van der Waals surface area contributed by atoms with Crippen molar-refractivity contribution in [1.29, 1.82) is 0 Å². The van der Waals surface area contributed by atoms with Crippen molar-refractivity contribution >= 4 is 29.8 Å². The van der Waals surface area contributed by atoms with E-state index in [1.54, 1.807) is 0 Å². The highest BCUT2D eigenvalue weighted by Crippen LogP contribution is 2.42. The summed E-state index contributed by atoms with van der Waals surface area (Å²) in [5.41, 5.74) is -0.133. The van der Waals surface area contributed by atoms with Gasteiger partial charge in [0.05, 0.1) is 4.58 Å². The third-order valence-electron chi connectivity index (χ3n) is 1.53. The van der Waals surface area contributed by atoms with Gasteiger partial charge in [0.1, 0.15) is 6.29 Å². The van der Waals surface area contributed by atoms with Crippen LogP contribution in [0.3, 0.4) is 0 Å². The van der Waals surface area contributed by atoms with Gasteiger partial charge in [-0.1, -0.05) is 13.8 Å². The van der Waals surface area contributed by atoms with Crippen molar-refractivity contribution in [2.24, 2.45) is 5.41 Å². The normalized spacial score (nSPS) is 21.4. The fourth-order valence-corrected chi connectivity index (χ4v) is 3.97. The summed E-state index contributed by atoms with van der Waals surface area (Å²) < 4.78 is 0.491. The minimum Gasteiger partial charge on any atom is -0.303 e. The minimum absolute atomic E-state index is 0.133. The van der Waals surface area contributed by atoms with Crippen LogP contribution >= 0.6 is 23.5 Å². The molecule has 0 amide bonds. The molecule has 0 aromatic carbocycles. The molecule has 0 saturated carbocycles. The Morgan fingerprint density at radius 3 is 2.30 bits per heavy atom. The second-order valence-electron chi connectivity index (χ2n) is 3.01. The summed E-state index contributed by atoms with van der Waals surface area (Å²) >= 11 is 3.81. The lowest BCUT2D eigenvalue weighted by atomic mass is 9.99. The van der Waals surface area contributed by atoms with Gasteiger partial charge >= 0.3 is 0 Å². The Labute approximate surface area is 70.3 Å². The van der Waals surface area contributed by atoms with Gasteiger partial charge in [0.15, 0.2) is 0 Å². The zero-order valence-electron chi connectivity index (χ0n) is 6.29.